The molecular weight excluding hydrogens is 142 g/mol. The van der Waals surface area contributed by atoms with E-state index in [1.165, 1.54) is 0 Å². The van der Waals surface area contributed by atoms with E-state index in [2.05, 4.69) is 4.74 Å². The molecule has 0 rings (SSSR count). The molecule has 42 valence electrons. The Hall–Kier alpha value is 0.370. The summed E-state index contributed by atoms with van der Waals surface area (Å²) in [5.41, 5.74) is -0.896. The number of ether oxygens (including phenoxy) is 1. The Morgan fingerprint density at radius 3 is 2.00 bits per heavy atom. The van der Waals surface area contributed by atoms with Gasteiger partial charge >= 0.3 is 41.4 Å². The molecule has 1 unspecified atom stereocenters. The SMILES string of the molecule is O=C(O)OC(=O)P.[H-].[Na+]. The van der Waals surface area contributed by atoms with E-state index in [4.69, 9.17) is 5.11 Å². The van der Waals surface area contributed by atoms with Crippen molar-refractivity contribution in [2.45, 2.75) is 0 Å². The molecule has 0 fully saturated rings. The van der Waals surface area contributed by atoms with Crippen LogP contribution in [0.25, 0.3) is 0 Å². The maximum absolute atomic E-state index is 9.61. The van der Waals surface area contributed by atoms with Gasteiger partial charge in [0.05, 0.1) is 0 Å². The van der Waals surface area contributed by atoms with Crippen LogP contribution in [0.15, 0.2) is 0 Å². The number of carbonyl (C=O) groups excluding carboxylic acids is 1. The molecule has 0 saturated heterocycles. The van der Waals surface area contributed by atoms with Gasteiger partial charge in [0.25, 0.3) is 0 Å². The van der Waals surface area contributed by atoms with Crippen LogP contribution in [-0.4, -0.2) is 17.0 Å². The average Bonchev–Trinajstić information content (AvgIpc) is 1.27. The van der Waals surface area contributed by atoms with Crippen LogP contribution in [0.4, 0.5) is 9.59 Å². The minimum Gasteiger partial charge on any atom is -1.00 e. The normalized spacial score (nSPS) is 6.62. The Morgan fingerprint density at radius 1 is 1.62 bits per heavy atom. The van der Waals surface area contributed by atoms with E-state index in [9.17, 15) is 9.59 Å². The van der Waals surface area contributed by atoms with Crippen LogP contribution in [0, 0.1) is 0 Å². The number of hydrogen-bond acceptors (Lipinski definition) is 3. The number of rotatable bonds is 0. The molecule has 0 aromatic heterocycles. The molecule has 0 radical (unpaired) electrons. The molecule has 0 heterocycles. The fourth-order valence-electron chi connectivity index (χ4n) is 0.0861. The summed E-state index contributed by atoms with van der Waals surface area (Å²) in [6, 6.07) is 0. The molecule has 1 N–H and O–H groups in total. The molecule has 0 amide bonds. The van der Waals surface area contributed by atoms with E-state index in [1.807, 2.05) is 0 Å². The second-order valence-electron chi connectivity index (χ2n) is 0.687. The largest absolute Gasteiger partial charge is 1.00 e. The second-order valence-corrected chi connectivity index (χ2v) is 1.16. The molecule has 0 saturated carbocycles. The first-order valence-electron chi connectivity index (χ1n) is 1.33. The number of carboxylic acid groups (broad SMARTS) is 1. The summed E-state index contributed by atoms with van der Waals surface area (Å²) in [4.78, 5) is 19.0. The maximum Gasteiger partial charge on any atom is 1.00 e. The molecule has 0 bridgehead atoms. The Kier molecular flexibility index (Phi) is 7.71. The maximum atomic E-state index is 9.61. The molecule has 6 heteroatoms. The molecular formula is C2H4NaO4P. The predicted molar refractivity (Wildman–Crippen MR) is 25.3 cm³/mol. The Balaban J connectivity index is -0.000000180. The van der Waals surface area contributed by atoms with Gasteiger partial charge in [0.2, 0.25) is 0 Å². The zero-order valence-electron chi connectivity index (χ0n) is 5.25. The van der Waals surface area contributed by atoms with Crippen LogP contribution in [0.5, 0.6) is 0 Å². The van der Waals surface area contributed by atoms with Gasteiger partial charge in [-0.3, -0.25) is 0 Å². The minimum atomic E-state index is -1.58. The fraction of sp³-hybridized carbons (Fsp3) is 0. The molecule has 0 aromatic carbocycles. The molecule has 0 aliphatic rings. The van der Waals surface area contributed by atoms with E-state index in [0.717, 1.165) is 0 Å². The Morgan fingerprint density at radius 2 is 2.00 bits per heavy atom. The van der Waals surface area contributed by atoms with Crippen LogP contribution in [0.3, 0.4) is 0 Å². The Labute approximate surface area is 71.6 Å². The average molecular weight is 146 g/mol. The summed E-state index contributed by atoms with van der Waals surface area (Å²) < 4.78 is 3.49. The first kappa shape index (κ1) is 11.2. The van der Waals surface area contributed by atoms with Crippen LogP contribution in [0.1, 0.15) is 1.43 Å². The van der Waals surface area contributed by atoms with Crippen LogP contribution < -0.4 is 29.6 Å². The van der Waals surface area contributed by atoms with Crippen molar-refractivity contribution in [3.63, 3.8) is 0 Å². The topological polar surface area (TPSA) is 63.6 Å². The second kappa shape index (κ2) is 5.51. The standard InChI is InChI=1S/C2H3O4P.Na.H/c3-1(4)6-2(5)7;;/h7H2,(H,3,4);;/q;+1;-1. The van der Waals surface area contributed by atoms with Gasteiger partial charge in [0.15, 0.2) is 0 Å². The molecule has 1 atom stereocenters. The van der Waals surface area contributed by atoms with E-state index in [0.29, 0.717) is 0 Å². The quantitative estimate of drug-likeness (QED) is 0.182. The van der Waals surface area contributed by atoms with Crippen molar-refractivity contribution >= 4 is 21.1 Å². The first-order valence-corrected chi connectivity index (χ1v) is 1.91. The van der Waals surface area contributed by atoms with E-state index in [-0.39, 0.29) is 31.0 Å². The summed E-state index contributed by atoms with van der Waals surface area (Å²) in [5.74, 6) is 0. The van der Waals surface area contributed by atoms with Gasteiger partial charge in [0, 0.05) is 0 Å². The molecule has 0 spiro atoms. The predicted octanol–water partition coefficient (Wildman–Crippen LogP) is -2.21. The van der Waals surface area contributed by atoms with Gasteiger partial charge in [-0.25, -0.2) is 9.59 Å². The molecule has 0 aromatic rings. The van der Waals surface area contributed by atoms with Crippen molar-refractivity contribution in [1.29, 1.82) is 0 Å². The van der Waals surface area contributed by atoms with Crippen LogP contribution in [0.2, 0.25) is 0 Å². The molecule has 4 nitrogen and oxygen atoms in total. The van der Waals surface area contributed by atoms with Crippen molar-refractivity contribution in [3.05, 3.63) is 0 Å². The fourth-order valence-corrected chi connectivity index (χ4v) is 0.187. The number of carbonyl (C=O) groups is 2. The monoisotopic (exact) mass is 146 g/mol. The van der Waals surface area contributed by atoms with Gasteiger partial charge in [-0.05, 0) is 9.24 Å². The van der Waals surface area contributed by atoms with Gasteiger partial charge < -0.3 is 11.3 Å². The van der Waals surface area contributed by atoms with Gasteiger partial charge in [0.1, 0.15) is 0 Å². The van der Waals surface area contributed by atoms with E-state index >= 15 is 0 Å². The first-order chi connectivity index (χ1) is 3.13. The van der Waals surface area contributed by atoms with E-state index in [1.54, 1.807) is 9.24 Å². The van der Waals surface area contributed by atoms with Crippen LogP contribution >= 0.6 is 9.24 Å². The summed E-state index contributed by atoms with van der Waals surface area (Å²) in [6.45, 7) is 0. The summed E-state index contributed by atoms with van der Waals surface area (Å²) >= 11 is 0. The molecule has 8 heavy (non-hydrogen) atoms. The summed E-state index contributed by atoms with van der Waals surface area (Å²) in [5, 5.41) is 7.63. The zero-order valence-corrected chi connectivity index (χ0v) is 7.40. The molecule has 0 aliphatic heterocycles. The third kappa shape index (κ3) is 9.62. The Bertz CT molecular complexity index is 94.7. The van der Waals surface area contributed by atoms with E-state index < -0.39 is 11.9 Å². The van der Waals surface area contributed by atoms with Crippen molar-refractivity contribution in [1.82, 2.24) is 0 Å². The summed E-state index contributed by atoms with van der Waals surface area (Å²) in [7, 11) is 1.56. The van der Waals surface area contributed by atoms with Crippen molar-refractivity contribution < 1.29 is 50.4 Å². The van der Waals surface area contributed by atoms with Crippen LogP contribution in [-0.2, 0) is 4.74 Å². The van der Waals surface area contributed by atoms with Gasteiger partial charge in [-0.15, -0.1) is 0 Å². The minimum absolute atomic E-state index is 0. The zero-order chi connectivity index (χ0) is 5.86. The van der Waals surface area contributed by atoms with Crippen molar-refractivity contribution in [3.8, 4) is 0 Å². The van der Waals surface area contributed by atoms with Gasteiger partial charge in [-0.2, -0.15) is 0 Å². The van der Waals surface area contributed by atoms with Crippen molar-refractivity contribution in [2.24, 2.45) is 0 Å². The summed E-state index contributed by atoms with van der Waals surface area (Å²) in [6.07, 6.45) is -1.58. The van der Waals surface area contributed by atoms with Gasteiger partial charge in [-0.1, -0.05) is 0 Å². The smallest absolute Gasteiger partial charge is 1.00 e. The van der Waals surface area contributed by atoms with Crippen molar-refractivity contribution in [2.75, 3.05) is 0 Å². The third-order valence-corrected chi connectivity index (χ3v) is 0.306. The number of hydrogen-bond donors (Lipinski definition) is 1. The third-order valence-electron chi connectivity index (χ3n) is 0.188. The molecule has 0 aliphatic carbocycles.